The molecule has 0 saturated carbocycles. The normalized spacial score (nSPS) is 21.4. The van der Waals surface area contributed by atoms with Crippen molar-refractivity contribution >= 4 is 16.9 Å². The highest BCUT2D eigenvalue weighted by molar-refractivity contribution is 5.98. The summed E-state index contributed by atoms with van der Waals surface area (Å²) in [6.07, 6.45) is 1.05. The zero-order valence-electron chi connectivity index (χ0n) is 18.6. The summed E-state index contributed by atoms with van der Waals surface area (Å²) in [4.78, 5) is 10.9. The van der Waals surface area contributed by atoms with E-state index in [2.05, 4.69) is 20.2 Å². The number of hydrogen-bond donors (Lipinski definition) is 2. The molecule has 0 amide bonds. The van der Waals surface area contributed by atoms with Gasteiger partial charge < -0.3 is 15.8 Å². The van der Waals surface area contributed by atoms with Crippen molar-refractivity contribution in [2.24, 2.45) is 0 Å². The van der Waals surface area contributed by atoms with E-state index in [4.69, 9.17) is 15.6 Å². The summed E-state index contributed by atoms with van der Waals surface area (Å²) in [5.41, 5.74) is 8.32. The van der Waals surface area contributed by atoms with Crippen LogP contribution in [0, 0.1) is 0 Å². The number of nitrogens with one attached hydrogen (secondary N) is 1. The van der Waals surface area contributed by atoms with Crippen molar-refractivity contribution < 1.29 is 9.13 Å². The number of benzene rings is 2. The van der Waals surface area contributed by atoms with E-state index in [0.29, 0.717) is 47.3 Å². The van der Waals surface area contributed by atoms with Crippen molar-refractivity contribution in [3.8, 4) is 22.8 Å². The fraction of sp³-hybridized carbons (Fsp3) is 0.320. The summed E-state index contributed by atoms with van der Waals surface area (Å²) < 4.78 is 23.0. The molecule has 0 spiro atoms. The van der Waals surface area contributed by atoms with Gasteiger partial charge in [-0.1, -0.05) is 18.2 Å². The number of nitrogens with zero attached hydrogens (tertiary/aromatic N) is 5. The largest absolute Gasteiger partial charge is 0.457 e. The van der Waals surface area contributed by atoms with Gasteiger partial charge in [-0.25, -0.2) is 19.0 Å². The Balaban J connectivity index is 1.32. The smallest absolute Gasteiger partial charge is 0.164 e. The number of anilines is 1. The lowest BCUT2D eigenvalue weighted by Crippen LogP contribution is -2.60. The van der Waals surface area contributed by atoms with Gasteiger partial charge in [0.15, 0.2) is 5.65 Å². The van der Waals surface area contributed by atoms with Crippen molar-refractivity contribution in [1.82, 2.24) is 30.0 Å². The fourth-order valence-electron chi connectivity index (χ4n) is 4.79. The summed E-state index contributed by atoms with van der Waals surface area (Å²) in [5, 5.41) is 8.75. The van der Waals surface area contributed by atoms with Gasteiger partial charge in [0.1, 0.15) is 35.5 Å². The van der Waals surface area contributed by atoms with Crippen LogP contribution in [0.25, 0.3) is 22.3 Å². The van der Waals surface area contributed by atoms with Crippen LogP contribution in [0.1, 0.15) is 12.5 Å². The quantitative estimate of drug-likeness (QED) is 0.472. The second kappa shape index (κ2) is 8.66. The summed E-state index contributed by atoms with van der Waals surface area (Å²) in [6, 6.07) is 17.3. The first kappa shape index (κ1) is 21.0. The van der Waals surface area contributed by atoms with E-state index in [1.54, 1.807) is 4.68 Å². The van der Waals surface area contributed by atoms with E-state index in [0.717, 1.165) is 30.9 Å². The second-order valence-electron chi connectivity index (χ2n) is 8.87. The van der Waals surface area contributed by atoms with Gasteiger partial charge >= 0.3 is 0 Å². The van der Waals surface area contributed by atoms with Crippen LogP contribution in [-0.4, -0.2) is 63.0 Å². The lowest BCUT2D eigenvalue weighted by atomic mass is 9.99. The van der Waals surface area contributed by atoms with Gasteiger partial charge in [0.25, 0.3) is 0 Å². The number of piperidine rings is 1. The van der Waals surface area contributed by atoms with Crippen LogP contribution in [0.15, 0.2) is 60.9 Å². The number of fused-ring (bicyclic) bond motifs is 1. The summed E-state index contributed by atoms with van der Waals surface area (Å²) >= 11 is 0. The average Bonchev–Trinajstić information content (AvgIpc) is 3.20. The van der Waals surface area contributed by atoms with Gasteiger partial charge in [0.05, 0.1) is 11.4 Å². The molecular formula is C25H26FN7O. The summed E-state index contributed by atoms with van der Waals surface area (Å²) in [6.45, 7) is 3.10. The van der Waals surface area contributed by atoms with Crippen LogP contribution in [0.4, 0.5) is 10.2 Å². The molecule has 2 saturated heterocycles. The Morgan fingerprint density at radius 3 is 2.47 bits per heavy atom. The van der Waals surface area contributed by atoms with E-state index in [9.17, 15) is 0 Å². The molecule has 3 N–H and O–H groups in total. The number of hydrogen-bond acceptors (Lipinski definition) is 7. The van der Waals surface area contributed by atoms with Crippen molar-refractivity contribution in [1.29, 1.82) is 0 Å². The molecule has 2 aliphatic rings. The van der Waals surface area contributed by atoms with E-state index in [1.807, 2.05) is 54.6 Å². The highest BCUT2D eigenvalue weighted by Gasteiger charge is 2.37. The van der Waals surface area contributed by atoms with Crippen LogP contribution < -0.4 is 15.8 Å². The molecule has 0 bridgehead atoms. The monoisotopic (exact) mass is 459 g/mol. The van der Waals surface area contributed by atoms with Gasteiger partial charge in [-0.2, -0.15) is 5.10 Å². The molecule has 8 nitrogen and oxygen atoms in total. The fourth-order valence-corrected chi connectivity index (χ4v) is 4.79. The van der Waals surface area contributed by atoms with E-state index in [1.165, 1.54) is 6.33 Å². The predicted molar refractivity (Wildman–Crippen MR) is 128 cm³/mol. The highest BCUT2D eigenvalue weighted by atomic mass is 19.1. The minimum absolute atomic E-state index is 0.337. The minimum atomic E-state index is -1.04. The number of nitrogen functional groups attached to an aromatic ring is 1. The summed E-state index contributed by atoms with van der Waals surface area (Å²) in [5.74, 6) is 1.81. The average molecular weight is 460 g/mol. The molecule has 2 atom stereocenters. The Labute approximate surface area is 196 Å². The Morgan fingerprint density at radius 2 is 1.76 bits per heavy atom. The number of halogens is 1. The van der Waals surface area contributed by atoms with E-state index < -0.39 is 12.2 Å². The van der Waals surface area contributed by atoms with Gasteiger partial charge in [0, 0.05) is 37.8 Å². The zero-order valence-corrected chi connectivity index (χ0v) is 18.6. The predicted octanol–water partition coefficient (Wildman–Crippen LogP) is 3.42. The molecular weight excluding hydrogens is 433 g/mol. The molecule has 2 aromatic carbocycles. The third-order valence-corrected chi connectivity index (χ3v) is 6.75. The van der Waals surface area contributed by atoms with Crippen molar-refractivity contribution in [2.45, 2.75) is 24.7 Å². The van der Waals surface area contributed by atoms with Gasteiger partial charge in [-0.3, -0.25) is 4.90 Å². The first-order chi connectivity index (χ1) is 16.7. The van der Waals surface area contributed by atoms with Crippen LogP contribution >= 0.6 is 0 Å². The molecule has 2 aromatic heterocycles. The Kier molecular flexibility index (Phi) is 5.35. The van der Waals surface area contributed by atoms with Gasteiger partial charge in [-0.15, -0.1) is 0 Å². The minimum Gasteiger partial charge on any atom is -0.457 e. The summed E-state index contributed by atoms with van der Waals surface area (Å²) in [7, 11) is 0. The molecule has 2 fully saturated rings. The SMILES string of the molecule is Nc1ncnc2c1c(-c1ccc(Oc3ccccc3)cc1)nn2[C@H]1CCN(C2CNC2)C[C@H]1F. The molecule has 4 aromatic rings. The maximum Gasteiger partial charge on any atom is 0.164 e. The maximum absolute atomic E-state index is 15.4. The number of rotatable bonds is 5. The molecule has 0 aliphatic carbocycles. The maximum atomic E-state index is 15.4. The molecule has 0 radical (unpaired) electrons. The number of likely N-dealkylation sites (tertiary alicyclic amines) is 1. The Bertz CT molecular complexity index is 1290. The van der Waals surface area contributed by atoms with Crippen LogP contribution in [0.3, 0.4) is 0 Å². The number of para-hydroxylation sites is 1. The number of ether oxygens (including phenoxy) is 1. The molecule has 174 valence electrons. The first-order valence-electron chi connectivity index (χ1n) is 11.6. The van der Waals surface area contributed by atoms with Crippen molar-refractivity contribution in [3.63, 3.8) is 0 Å². The molecule has 34 heavy (non-hydrogen) atoms. The number of aromatic nitrogens is 4. The lowest BCUT2D eigenvalue weighted by Gasteiger charge is -2.43. The molecule has 9 heteroatoms. The van der Waals surface area contributed by atoms with Crippen LogP contribution in [0.5, 0.6) is 11.5 Å². The molecule has 6 rings (SSSR count). The second-order valence-corrected chi connectivity index (χ2v) is 8.87. The number of alkyl halides is 1. The Morgan fingerprint density at radius 1 is 1.00 bits per heavy atom. The molecule has 2 aliphatic heterocycles. The van der Waals surface area contributed by atoms with Crippen LogP contribution in [-0.2, 0) is 0 Å². The number of nitrogens with two attached hydrogens (primary N) is 1. The topological polar surface area (TPSA) is 94.1 Å². The first-order valence-corrected chi connectivity index (χ1v) is 11.6. The molecule has 0 unspecified atom stereocenters. The van der Waals surface area contributed by atoms with Crippen LogP contribution in [0.2, 0.25) is 0 Å². The van der Waals surface area contributed by atoms with Gasteiger partial charge in [0.2, 0.25) is 0 Å². The highest BCUT2D eigenvalue weighted by Crippen LogP contribution is 2.36. The van der Waals surface area contributed by atoms with E-state index in [-0.39, 0.29) is 0 Å². The third-order valence-electron chi connectivity index (χ3n) is 6.75. The van der Waals surface area contributed by atoms with Gasteiger partial charge in [-0.05, 0) is 42.8 Å². The lowest BCUT2D eigenvalue weighted by molar-refractivity contribution is 0.0401. The third kappa shape index (κ3) is 3.76. The van der Waals surface area contributed by atoms with Crippen molar-refractivity contribution in [3.05, 3.63) is 60.9 Å². The molecule has 4 heterocycles. The Hall–Kier alpha value is -3.56. The zero-order chi connectivity index (χ0) is 23.1. The van der Waals surface area contributed by atoms with E-state index >= 15 is 4.39 Å². The van der Waals surface area contributed by atoms with Crippen molar-refractivity contribution in [2.75, 3.05) is 31.9 Å². The standard InChI is InChI=1S/C25H26FN7O/c26-20-14-32(17-12-28-13-17)11-10-21(20)33-25-22(24(27)29-15-30-25)23(31-33)16-6-8-19(9-7-16)34-18-4-2-1-3-5-18/h1-9,15,17,20-21,28H,10-14H2,(H2,27,29,30)/t20-,21+/m1/s1.